The quantitative estimate of drug-likeness (QED) is 0.873. The van der Waals surface area contributed by atoms with Gasteiger partial charge in [-0.25, -0.2) is 8.42 Å². The lowest BCUT2D eigenvalue weighted by molar-refractivity contribution is -0.141. The largest absolute Gasteiger partial charge is 0.507 e. The van der Waals surface area contributed by atoms with Crippen LogP contribution in [0.25, 0.3) is 0 Å². The third-order valence-corrected chi connectivity index (χ3v) is 5.30. The molecule has 1 aromatic rings. The lowest BCUT2D eigenvalue weighted by Crippen LogP contribution is -2.40. The molecule has 0 radical (unpaired) electrons. The molecule has 1 aliphatic rings. The molecular weight excluding hydrogens is 327 g/mol. The van der Waals surface area contributed by atoms with Crippen LogP contribution in [0, 0.1) is 0 Å². The Morgan fingerprint density at radius 2 is 1.95 bits per heavy atom. The highest BCUT2D eigenvalue weighted by Crippen LogP contribution is 2.36. The average Bonchev–Trinajstić information content (AvgIpc) is 2.87. The summed E-state index contributed by atoms with van der Waals surface area (Å²) >= 11 is 0. The maximum atomic E-state index is 12.7. The maximum Gasteiger partial charge on any atom is 0.416 e. The lowest BCUT2D eigenvalue weighted by atomic mass is 10.2. The number of carboxylic acid groups (broad SMARTS) is 1. The highest BCUT2D eigenvalue weighted by Gasteiger charge is 2.41. The first-order chi connectivity index (χ1) is 10.0. The first kappa shape index (κ1) is 16.6. The summed E-state index contributed by atoms with van der Waals surface area (Å²) in [4.78, 5) is 10.1. The van der Waals surface area contributed by atoms with Gasteiger partial charge in [0, 0.05) is 6.54 Å². The second kappa shape index (κ2) is 5.43. The highest BCUT2D eigenvalue weighted by atomic mass is 32.2. The molecule has 1 saturated heterocycles. The van der Waals surface area contributed by atoms with Gasteiger partial charge in [0.25, 0.3) is 0 Å². The van der Waals surface area contributed by atoms with Crippen LogP contribution in [0.15, 0.2) is 23.1 Å². The number of halogens is 3. The van der Waals surface area contributed by atoms with Crippen molar-refractivity contribution in [3.8, 4) is 5.75 Å². The molecule has 1 atom stereocenters. The van der Waals surface area contributed by atoms with Gasteiger partial charge in [0.2, 0.25) is 10.0 Å². The summed E-state index contributed by atoms with van der Waals surface area (Å²) in [6, 6.07) is 0.134. The predicted molar refractivity (Wildman–Crippen MR) is 67.7 cm³/mol. The fourth-order valence-corrected chi connectivity index (χ4v) is 4.06. The molecule has 0 saturated carbocycles. The number of alkyl halides is 3. The number of hydrogen-bond donors (Lipinski definition) is 2. The van der Waals surface area contributed by atoms with Crippen LogP contribution in [0.1, 0.15) is 18.4 Å². The van der Waals surface area contributed by atoms with Crippen molar-refractivity contribution < 1.29 is 36.6 Å². The standard InChI is InChI=1S/C12H12F3NO5S/c13-12(14,15)7-3-4-9(17)10(6-7)22(20,21)16-5-1-2-8(16)11(18)19/h3-4,6,8,17H,1-2,5H2,(H,18,19)/t8-/m1/s1. The molecular formula is C12H12F3NO5S. The summed E-state index contributed by atoms with van der Waals surface area (Å²) in [6.07, 6.45) is -4.45. The number of hydrogen-bond acceptors (Lipinski definition) is 4. The molecule has 0 unspecified atom stereocenters. The summed E-state index contributed by atoms with van der Waals surface area (Å²) in [6.45, 7) is -0.130. The molecule has 0 aliphatic carbocycles. The number of benzene rings is 1. The summed E-state index contributed by atoms with van der Waals surface area (Å²) < 4.78 is 63.4. The monoisotopic (exact) mass is 339 g/mol. The van der Waals surface area contributed by atoms with E-state index < -0.39 is 44.4 Å². The minimum atomic E-state index is -4.78. The Bertz CT molecular complexity index is 701. The third kappa shape index (κ3) is 2.88. The minimum Gasteiger partial charge on any atom is -0.507 e. The van der Waals surface area contributed by atoms with Gasteiger partial charge >= 0.3 is 12.1 Å². The van der Waals surface area contributed by atoms with Crippen molar-refractivity contribution in [2.75, 3.05) is 6.54 Å². The van der Waals surface area contributed by atoms with Crippen molar-refractivity contribution in [3.63, 3.8) is 0 Å². The van der Waals surface area contributed by atoms with E-state index >= 15 is 0 Å². The van der Waals surface area contributed by atoms with E-state index in [0.29, 0.717) is 22.5 Å². The van der Waals surface area contributed by atoms with Crippen LogP contribution in [0.4, 0.5) is 13.2 Å². The predicted octanol–water partition coefficient (Wildman–Crippen LogP) is 1.65. The van der Waals surface area contributed by atoms with Gasteiger partial charge in [0.15, 0.2) is 0 Å². The topological polar surface area (TPSA) is 94.9 Å². The normalized spacial score (nSPS) is 20.2. The molecule has 0 bridgehead atoms. The van der Waals surface area contributed by atoms with E-state index in [2.05, 4.69) is 0 Å². The van der Waals surface area contributed by atoms with E-state index in [-0.39, 0.29) is 19.4 Å². The smallest absolute Gasteiger partial charge is 0.416 e. The summed E-state index contributed by atoms with van der Waals surface area (Å²) in [5.41, 5.74) is -1.24. The number of carbonyl (C=O) groups is 1. The van der Waals surface area contributed by atoms with E-state index in [0.717, 1.165) is 0 Å². The molecule has 1 aromatic carbocycles. The first-order valence-corrected chi connectivity index (χ1v) is 7.64. The Morgan fingerprint density at radius 3 is 2.50 bits per heavy atom. The fraction of sp³-hybridized carbons (Fsp3) is 0.417. The molecule has 1 aliphatic heterocycles. The van der Waals surface area contributed by atoms with Gasteiger partial charge < -0.3 is 10.2 Å². The molecule has 0 amide bonds. The lowest BCUT2D eigenvalue weighted by Gasteiger charge is -2.22. The molecule has 2 rings (SSSR count). The Hall–Kier alpha value is -1.81. The van der Waals surface area contributed by atoms with Gasteiger partial charge in [0.1, 0.15) is 16.7 Å². The van der Waals surface area contributed by atoms with Gasteiger partial charge in [-0.3, -0.25) is 4.79 Å². The van der Waals surface area contributed by atoms with Crippen LogP contribution < -0.4 is 0 Å². The second-order valence-corrected chi connectivity index (χ2v) is 6.65. The molecule has 2 N–H and O–H groups in total. The number of nitrogens with zero attached hydrogens (tertiary/aromatic N) is 1. The average molecular weight is 339 g/mol. The van der Waals surface area contributed by atoms with Crippen LogP contribution >= 0.6 is 0 Å². The van der Waals surface area contributed by atoms with Gasteiger partial charge in [-0.05, 0) is 31.0 Å². The van der Waals surface area contributed by atoms with Crippen LogP contribution in [-0.4, -0.2) is 41.5 Å². The Morgan fingerprint density at radius 1 is 1.32 bits per heavy atom. The van der Waals surface area contributed by atoms with Crippen molar-refractivity contribution in [3.05, 3.63) is 23.8 Å². The van der Waals surface area contributed by atoms with E-state index in [1.54, 1.807) is 0 Å². The zero-order valence-electron chi connectivity index (χ0n) is 11.0. The maximum absolute atomic E-state index is 12.7. The molecule has 122 valence electrons. The van der Waals surface area contributed by atoms with E-state index in [1.807, 2.05) is 0 Å². The van der Waals surface area contributed by atoms with Crippen molar-refractivity contribution in [2.24, 2.45) is 0 Å². The molecule has 1 fully saturated rings. The van der Waals surface area contributed by atoms with Gasteiger partial charge in [-0.1, -0.05) is 0 Å². The summed E-state index contributed by atoms with van der Waals surface area (Å²) in [7, 11) is -4.54. The first-order valence-electron chi connectivity index (χ1n) is 6.20. The van der Waals surface area contributed by atoms with Crippen LogP contribution in [0.3, 0.4) is 0 Å². The third-order valence-electron chi connectivity index (χ3n) is 3.36. The number of aromatic hydroxyl groups is 1. The van der Waals surface area contributed by atoms with E-state index in [9.17, 15) is 31.5 Å². The number of rotatable bonds is 3. The fourth-order valence-electron chi connectivity index (χ4n) is 2.30. The molecule has 10 heteroatoms. The second-order valence-electron chi connectivity index (χ2n) is 4.79. The Labute approximate surface area is 123 Å². The van der Waals surface area contributed by atoms with Gasteiger partial charge in [-0.2, -0.15) is 17.5 Å². The molecule has 0 aromatic heterocycles. The van der Waals surface area contributed by atoms with Crippen molar-refractivity contribution in [2.45, 2.75) is 30.0 Å². The SMILES string of the molecule is O=C(O)[C@H]1CCCN1S(=O)(=O)c1cc(C(F)(F)F)ccc1O. The van der Waals surface area contributed by atoms with Crippen LogP contribution in [0.5, 0.6) is 5.75 Å². The van der Waals surface area contributed by atoms with E-state index in [1.165, 1.54) is 0 Å². The highest BCUT2D eigenvalue weighted by molar-refractivity contribution is 7.89. The van der Waals surface area contributed by atoms with Gasteiger partial charge in [0.05, 0.1) is 5.56 Å². The molecule has 22 heavy (non-hydrogen) atoms. The molecule has 1 heterocycles. The summed E-state index contributed by atoms with van der Waals surface area (Å²) in [5, 5.41) is 18.6. The zero-order valence-corrected chi connectivity index (χ0v) is 11.9. The van der Waals surface area contributed by atoms with Crippen molar-refractivity contribution >= 4 is 16.0 Å². The van der Waals surface area contributed by atoms with E-state index in [4.69, 9.17) is 5.11 Å². The number of phenols is 1. The van der Waals surface area contributed by atoms with Crippen molar-refractivity contribution in [1.29, 1.82) is 0 Å². The summed E-state index contributed by atoms with van der Waals surface area (Å²) in [5.74, 6) is -2.24. The van der Waals surface area contributed by atoms with Crippen LogP contribution in [-0.2, 0) is 21.0 Å². The van der Waals surface area contributed by atoms with Gasteiger partial charge in [-0.15, -0.1) is 0 Å². The van der Waals surface area contributed by atoms with Crippen molar-refractivity contribution in [1.82, 2.24) is 4.31 Å². The van der Waals surface area contributed by atoms with Crippen LogP contribution in [0.2, 0.25) is 0 Å². The molecule has 0 spiro atoms. The number of sulfonamides is 1. The minimum absolute atomic E-state index is 0.0638. The number of phenolic OH excluding ortho intramolecular Hbond substituents is 1. The molecule has 6 nitrogen and oxygen atoms in total. The Kier molecular flexibility index (Phi) is 4.09. The Balaban J connectivity index is 2.52. The zero-order chi connectivity index (χ0) is 16.7. The number of aliphatic carboxylic acids is 1. The number of carboxylic acids is 1.